The van der Waals surface area contributed by atoms with Crippen LogP contribution in [0.1, 0.15) is 5.69 Å². The van der Waals surface area contributed by atoms with Gasteiger partial charge in [-0.2, -0.15) is 0 Å². The first-order chi connectivity index (χ1) is 12.2. The SMILES string of the molecule is O=C(Cc1csc2nc(-c3ccccc3)cn12)Nc1ccc(F)cc1. The molecule has 4 aromatic rings. The second-order valence-electron chi connectivity index (χ2n) is 5.60. The van der Waals surface area contributed by atoms with Crippen molar-refractivity contribution < 1.29 is 9.18 Å². The molecule has 0 aliphatic rings. The molecule has 0 aliphatic heterocycles. The fourth-order valence-electron chi connectivity index (χ4n) is 2.61. The molecule has 6 heteroatoms. The number of halogens is 1. The van der Waals surface area contributed by atoms with Crippen LogP contribution in [0.3, 0.4) is 0 Å². The average Bonchev–Trinajstić information content (AvgIpc) is 3.20. The smallest absolute Gasteiger partial charge is 0.230 e. The van der Waals surface area contributed by atoms with E-state index in [9.17, 15) is 9.18 Å². The van der Waals surface area contributed by atoms with Gasteiger partial charge in [-0.15, -0.1) is 11.3 Å². The van der Waals surface area contributed by atoms with E-state index in [1.807, 2.05) is 46.3 Å². The van der Waals surface area contributed by atoms with E-state index < -0.39 is 0 Å². The summed E-state index contributed by atoms with van der Waals surface area (Å²) in [5, 5.41) is 4.71. The summed E-state index contributed by atoms with van der Waals surface area (Å²) < 4.78 is 14.9. The molecule has 0 saturated carbocycles. The van der Waals surface area contributed by atoms with Crippen LogP contribution < -0.4 is 5.32 Å². The Hall–Kier alpha value is -2.99. The lowest BCUT2D eigenvalue weighted by molar-refractivity contribution is -0.115. The molecule has 2 aromatic heterocycles. The van der Waals surface area contributed by atoms with Gasteiger partial charge in [0.05, 0.1) is 12.1 Å². The Morgan fingerprint density at radius 3 is 2.64 bits per heavy atom. The van der Waals surface area contributed by atoms with E-state index in [1.54, 1.807) is 12.1 Å². The van der Waals surface area contributed by atoms with E-state index in [0.717, 1.165) is 21.9 Å². The van der Waals surface area contributed by atoms with Crippen molar-refractivity contribution in [1.82, 2.24) is 9.38 Å². The third kappa shape index (κ3) is 3.29. The monoisotopic (exact) mass is 351 g/mol. The van der Waals surface area contributed by atoms with Crippen LogP contribution in [-0.4, -0.2) is 15.3 Å². The Bertz CT molecular complexity index is 1020. The number of fused-ring (bicyclic) bond motifs is 1. The van der Waals surface area contributed by atoms with Gasteiger partial charge in [0.25, 0.3) is 0 Å². The van der Waals surface area contributed by atoms with Gasteiger partial charge in [0.1, 0.15) is 5.82 Å². The minimum atomic E-state index is -0.329. The van der Waals surface area contributed by atoms with Gasteiger partial charge in [0, 0.05) is 28.5 Å². The van der Waals surface area contributed by atoms with Gasteiger partial charge in [-0.3, -0.25) is 9.20 Å². The van der Waals surface area contributed by atoms with Crippen LogP contribution >= 0.6 is 11.3 Å². The summed E-state index contributed by atoms with van der Waals surface area (Å²) in [6, 6.07) is 15.6. The molecule has 0 unspecified atom stereocenters. The van der Waals surface area contributed by atoms with Crippen LogP contribution in [0, 0.1) is 5.82 Å². The maximum absolute atomic E-state index is 12.9. The third-order valence-electron chi connectivity index (χ3n) is 3.82. The molecule has 4 rings (SSSR count). The lowest BCUT2D eigenvalue weighted by Gasteiger charge is -2.04. The van der Waals surface area contributed by atoms with E-state index in [4.69, 9.17) is 0 Å². The minimum absolute atomic E-state index is 0.152. The van der Waals surface area contributed by atoms with E-state index in [-0.39, 0.29) is 18.1 Å². The molecule has 2 aromatic carbocycles. The van der Waals surface area contributed by atoms with Gasteiger partial charge in [0.15, 0.2) is 4.96 Å². The Kier molecular flexibility index (Phi) is 4.03. The summed E-state index contributed by atoms with van der Waals surface area (Å²) in [5.41, 5.74) is 3.37. The van der Waals surface area contributed by atoms with Gasteiger partial charge < -0.3 is 5.32 Å². The molecule has 0 radical (unpaired) electrons. The van der Waals surface area contributed by atoms with Crippen molar-refractivity contribution in [3.63, 3.8) is 0 Å². The minimum Gasteiger partial charge on any atom is -0.326 e. The summed E-state index contributed by atoms with van der Waals surface area (Å²) in [6.45, 7) is 0. The molecule has 124 valence electrons. The number of nitrogens with zero attached hydrogens (tertiary/aromatic N) is 2. The quantitative estimate of drug-likeness (QED) is 0.593. The van der Waals surface area contributed by atoms with E-state index >= 15 is 0 Å². The standard InChI is InChI=1S/C19H14FN3OS/c20-14-6-8-15(9-7-14)21-18(24)10-16-12-25-19-22-17(11-23(16)19)13-4-2-1-3-5-13/h1-9,11-12H,10H2,(H,21,24). The van der Waals surface area contributed by atoms with Gasteiger partial charge in [0.2, 0.25) is 5.91 Å². The summed E-state index contributed by atoms with van der Waals surface area (Å²) in [6.07, 6.45) is 2.17. The fourth-order valence-corrected chi connectivity index (χ4v) is 3.48. The molecule has 0 aliphatic carbocycles. The maximum Gasteiger partial charge on any atom is 0.230 e. The highest BCUT2D eigenvalue weighted by Gasteiger charge is 2.12. The largest absolute Gasteiger partial charge is 0.326 e. The van der Waals surface area contributed by atoms with Crippen molar-refractivity contribution in [3.05, 3.63) is 77.7 Å². The number of anilines is 1. The fraction of sp³-hybridized carbons (Fsp3) is 0.0526. The van der Waals surface area contributed by atoms with Crippen LogP contribution in [0.5, 0.6) is 0 Å². The van der Waals surface area contributed by atoms with E-state index in [1.165, 1.54) is 23.5 Å². The molecule has 2 heterocycles. The molecule has 25 heavy (non-hydrogen) atoms. The molecule has 1 amide bonds. The normalized spacial score (nSPS) is 10.9. The summed E-state index contributed by atoms with van der Waals surface area (Å²) in [7, 11) is 0. The number of thiazole rings is 1. The molecular weight excluding hydrogens is 337 g/mol. The Labute approximate surface area is 147 Å². The molecule has 0 fully saturated rings. The van der Waals surface area contributed by atoms with Crippen molar-refractivity contribution in [1.29, 1.82) is 0 Å². The number of aromatic nitrogens is 2. The molecule has 0 saturated heterocycles. The zero-order valence-electron chi connectivity index (χ0n) is 13.1. The van der Waals surface area contributed by atoms with Crippen LogP contribution in [0.4, 0.5) is 10.1 Å². The average molecular weight is 351 g/mol. The first kappa shape index (κ1) is 15.5. The second-order valence-corrected chi connectivity index (χ2v) is 6.44. The van der Waals surface area contributed by atoms with Gasteiger partial charge in [-0.1, -0.05) is 30.3 Å². The van der Waals surface area contributed by atoms with Crippen molar-refractivity contribution in [2.45, 2.75) is 6.42 Å². The number of hydrogen-bond acceptors (Lipinski definition) is 3. The van der Waals surface area contributed by atoms with Crippen LogP contribution in [0.25, 0.3) is 16.2 Å². The topological polar surface area (TPSA) is 46.4 Å². The highest BCUT2D eigenvalue weighted by Crippen LogP contribution is 2.24. The van der Waals surface area contributed by atoms with Gasteiger partial charge in [-0.05, 0) is 24.3 Å². The van der Waals surface area contributed by atoms with Crippen molar-refractivity contribution in [2.24, 2.45) is 0 Å². The highest BCUT2D eigenvalue weighted by atomic mass is 32.1. The van der Waals surface area contributed by atoms with Crippen LogP contribution in [0.15, 0.2) is 66.2 Å². The predicted molar refractivity (Wildman–Crippen MR) is 97.2 cm³/mol. The number of carbonyl (C=O) groups is 1. The lowest BCUT2D eigenvalue weighted by atomic mass is 10.2. The van der Waals surface area contributed by atoms with Crippen molar-refractivity contribution in [3.8, 4) is 11.3 Å². The predicted octanol–water partition coefficient (Wildman–Crippen LogP) is 4.38. The number of rotatable bonds is 4. The highest BCUT2D eigenvalue weighted by molar-refractivity contribution is 7.15. The first-order valence-corrected chi connectivity index (χ1v) is 8.63. The number of carbonyl (C=O) groups excluding carboxylic acids is 1. The second kappa shape index (κ2) is 6.49. The van der Waals surface area contributed by atoms with Crippen molar-refractivity contribution in [2.75, 3.05) is 5.32 Å². The molecule has 0 atom stereocenters. The third-order valence-corrected chi connectivity index (χ3v) is 4.71. The lowest BCUT2D eigenvalue weighted by Crippen LogP contribution is -2.15. The van der Waals surface area contributed by atoms with Crippen molar-refractivity contribution >= 4 is 27.9 Å². The van der Waals surface area contributed by atoms with E-state index in [0.29, 0.717) is 5.69 Å². The Morgan fingerprint density at radius 1 is 1.12 bits per heavy atom. The summed E-state index contributed by atoms with van der Waals surface area (Å²) >= 11 is 1.50. The van der Waals surface area contributed by atoms with Gasteiger partial charge in [-0.25, -0.2) is 9.37 Å². The zero-order chi connectivity index (χ0) is 17.2. The number of amides is 1. The molecular formula is C19H14FN3OS. The summed E-state index contributed by atoms with van der Waals surface area (Å²) in [4.78, 5) is 17.7. The van der Waals surface area contributed by atoms with Crippen LogP contribution in [-0.2, 0) is 11.2 Å². The molecule has 4 nitrogen and oxygen atoms in total. The number of benzene rings is 2. The first-order valence-electron chi connectivity index (χ1n) is 7.75. The molecule has 1 N–H and O–H groups in total. The number of imidazole rings is 1. The van der Waals surface area contributed by atoms with E-state index in [2.05, 4.69) is 10.3 Å². The number of hydrogen-bond donors (Lipinski definition) is 1. The van der Waals surface area contributed by atoms with Gasteiger partial charge >= 0.3 is 0 Å². The molecule has 0 spiro atoms. The molecule has 0 bridgehead atoms. The Balaban J connectivity index is 1.54. The number of nitrogens with one attached hydrogen (secondary N) is 1. The van der Waals surface area contributed by atoms with Crippen LogP contribution in [0.2, 0.25) is 0 Å². The Morgan fingerprint density at radius 2 is 1.88 bits per heavy atom. The maximum atomic E-state index is 12.9. The zero-order valence-corrected chi connectivity index (χ0v) is 14.0. The summed E-state index contributed by atoms with van der Waals surface area (Å²) in [5.74, 6) is -0.481.